The Morgan fingerprint density at radius 3 is 3.09 bits per heavy atom. The molecule has 0 unspecified atom stereocenters. The van der Waals surface area contributed by atoms with Crippen molar-refractivity contribution in [2.45, 2.75) is 19.9 Å². The Hall–Kier alpha value is -2.41. The predicted molar refractivity (Wildman–Crippen MR) is 88.0 cm³/mol. The van der Waals surface area contributed by atoms with E-state index < -0.39 is 0 Å². The average molecular weight is 330 g/mol. The van der Waals surface area contributed by atoms with Gasteiger partial charge in [-0.15, -0.1) is 11.3 Å². The summed E-state index contributed by atoms with van der Waals surface area (Å²) >= 11 is 1.42. The molecule has 3 heterocycles. The van der Waals surface area contributed by atoms with Crippen molar-refractivity contribution in [1.82, 2.24) is 14.9 Å². The van der Waals surface area contributed by atoms with Crippen LogP contribution in [0.15, 0.2) is 18.2 Å². The second-order valence-electron chi connectivity index (χ2n) is 5.73. The van der Waals surface area contributed by atoms with Gasteiger partial charge in [0.15, 0.2) is 5.13 Å². The summed E-state index contributed by atoms with van der Waals surface area (Å²) in [7, 11) is 0. The fourth-order valence-corrected chi connectivity index (χ4v) is 3.89. The first kappa shape index (κ1) is 14.2. The second-order valence-corrected chi connectivity index (χ2v) is 6.85. The molecule has 1 aliphatic rings. The Kier molecular flexibility index (Phi) is 3.12. The van der Waals surface area contributed by atoms with E-state index in [9.17, 15) is 9.18 Å². The van der Waals surface area contributed by atoms with Gasteiger partial charge in [-0.25, -0.2) is 9.37 Å². The van der Waals surface area contributed by atoms with Crippen LogP contribution in [0.5, 0.6) is 0 Å². The molecule has 0 fully saturated rings. The van der Waals surface area contributed by atoms with Gasteiger partial charge in [0, 0.05) is 23.2 Å². The summed E-state index contributed by atoms with van der Waals surface area (Å²) in [4.78, 5) is 22.7. The van der Waals surface area contributed by atoms with Crippen LogP contribution in [0, 0.1) is 12.7 Å². The van der Waals surface area contributed by atoms with E-state index in [1.165, 1.54) is 17.4 Å². The molecule has 2 aromatic heterocycles. The number of aromatic nitrogens is 2. The van der Waals surface area contributed by atoms with Crippen molar-refractivity contribution >= 4 is 33.3 Å². The molecule has 7 heteroatoms. The molecule has 1 aromatic carbocycles. The number of nitrogens with one attached hydrogen (secondary N) is 1. The smallest absolute Gasteiger partial charge is 0.270 e. The van der Waals surface area contributed by atoms with Gasteiger partial charge in [0.1, 0.15) is 11.5 Å². The van der Waals surface area contributed by atoms with Crippen LogP contribution >= 0.6 is 11.3 Å². The number of hydrogen-bond acceptors (Lipinski definition) is 4. The summed E-state index contributed by atoms with van der Waals surface area (Å²) < 4.78 is 13.9. The lowest BCUT2D eigenvalue weighted by Gasteiger charge is -2.25. The lowest BCUT2D eigenvalue weighted by atomic mass is 10.1. The molecule has 3 N–H and O–H groups in total. The van der Waals surface area contributed by atoms with Crippen molar-refractivity contribution in [1.29, 1.82) is 0 Å². The Labute approximate surface area is 135 Å². The number of nitrogens with zero attached hydrogens (tertiary/aromatic N) is 2. The van der Waals surface area contributed by atoms with Crippen LogP contribution in [-0.4, -0.2) is 27.3 Å². The minimum Gasteiger partial charge on any atom is -0.375 e. The van der Waals surface area contributed by atoms with Gasteiger partial charge in [0.05, 0.1) is 17.8 Å². The van der Waals surface area contributed by atoms with Crippen LogP contribution in [0.25, 0.3) is 10.9 Å². The number of rotatable bonds is 1. The summed E-state index contributed by atoms with van der Waals surface area (Å²) in [5.41, 5.74) is 8.44. The van der Waals surface area contributed by atoms with Gasteiger partial charge in [0.2, 0.25) is 0 Å². The maximum absolute atomic E-state index is 13.9. The maximum Gasteiger partial charge on any atom is 0.270 e. The maximum atomic E-state index is 13.9. The number of amides is 1. The fourth-order valence-electron chi connectivity index (χ4n) is 3.00. The highest BCUT2D eigenvalue weighted by atomic mass is 32.1. The third-order valence-electron chi connectivity index (χ3n) is 4.23. The molecule has 1 aliphatic heterocycles. The van der Waals surface area contributed by atoms with Gasteiger partial charge in [-0.3, -0.25) is 4.79 Å². The van der Waals surface area contributed by atoms with E-state index in [-0.39, 0.29) is 11.7 Å². The number of hydrogen-bond donors (Lipinski definition) is 2. The van der Waals surface area contributed by atoms with Gasteiger partial charge < -0.3 is 15.6 Å². The Morgan fingerprint density at radius 1 is 1.48 bits per heavy atom. The Bertz CT molecular complexity index is 891. The molecule has 4 rings (SSSR count). The molecule has 0 saturated heterocycles. The molecule has 0 atom stereocenters. The van der Waals surface area contributed by atoms with Crippen molar-refractivity contribution in [2.24, 2.45) is 0 Å². The lowest BCUT2D eigenvalue weighted by Crippen LogP contribution is -2.35. The largest absolute Gasteiger partial charge is 0.375 e. The summed E-state index contributed by atoms with van der Waals surface area (Å²) in [5.74, 6) is -0.474. The van der Waals surface area contributed by atoms with Crippen LogP contribution in [-0.2, 0) is 13.0 Å². The number of thiazole rings is 1. The van der Waals surface area contributed by atoms with Crippen LogP contribution in [0.4, 0.5) is 9.52 Å². The minimum atomic E-state index is -0.346. The van der Waals surface area contributed by atoms with E-state index in [0.717, 1.165) is 21.5 Å². The molecule has 0 spiro atoms. The number of aromatic amines is 1. The molecular formula is C16H15FN4OS. The molecule has 0 saturated carbocycles. The molecule has 5 nitrogen and oxygen atoms in total. The first-order valence-electron chi connectivity index (χ1n) is 7.34. The minimum absolute atomic E-state index is 0.127. The number of carbonyl (C=O) groups is 1. The van der Waals surface area contributed by atoms with E-state index in [4.69, 9.17) is 5.73 Å². The van der Waals surface area contributed by atoms with Gasteiger partial charge in [-0.2, -0.15) is 0 Å². The van der Waals surface area contributed by atoms with E-state index >= 15 is 0 Å². The number of aryl methyl sites for hydroxylation is 1. The van der Waals surface area contributed by atoms with E-state index in [1.54, 1.807) is 17.0 Å². The van der Waals surface area contributed by atoms with Crippen molar-refractivity contribution in [2.75, 3.05) is 12.3 Å². The second kappa shape index (κ2) is 5.06. The van der Waals surface area contributed by atoms with Gasteiger partial charge in [-0.1, -0.05) is 6.07 Å². The third kappa shape index (κ3) is 2.28. The number of benzene rings is 1. The molecule has 1 amide bonds. The van der Waals surface area contributed by atoms with Crippen molar-refractivity contribution < 1.29 is 9.18 Å². The van der Waals surface area contributed by atoms with E-state index in [1.807, 2.05) is 6.92 Å². The van der Waals surface area contributed by atoms with E-state index in [0.29, 0.717) is 35.9 Å². The first-order valence-corrected chi connectivity index (χ1v) is 8.15. The number of anilines is 1. The zero-order valence-electron chi connectivity index (χ0n) is 12.5. The fraction of sp³-hybridized carbons (Fsp3) is 0.250. The standard InChI is InChI=1S/C16H15FN4OS/c1-8-2-3-10(17)14-9(8)6-12(19-14)15(22)21-5-4-11-13(7-21)23-16(18)20-11/h2-3,6,19H,4-5,7H2,1H3,(H2,18,20). The molecule has 3 aromatic rings. The normalized spacial score (nSPS) is 14.3. The van der Waals surface area contributed by atoms with Crippen LogP contribution in [0.3, 0.4) is 0 Å². The topological polar surface area (TPSA) is 75.0 Å². The SMILES string of the molecule is Cc1ccc(F)c2[nH]c(C(=O)N3CCc4nc(N)sc4C3)cc12. The zero-order valence-corrected chi connectivity index (χ0v) is 13.3. The Morgan fingerprint density at radius 2 is 2.30 bits per heavy atom. The zero-order chi connectivity index (χ0) is 16.1. The van der Waals surface area contributed by atoms with Crippen molar-refractivity contribution in [3.8, 4) is 0 Å². The number of nitrogen functional groups attached to an aromatic ring is 1. The predicted octanol–water partition coefficient (Wildman–Crippen LogP) is 2.85. The highest BCUT2D eigenvalue weighted by Gasteiger charge is 2.26. The van der Waals surface area contributed by atoms with E-state index in [2.05, 4.69) is 9.97 Å². The summed E-state index contributed by atoms with van der Waals surface area (Å²) in [5, 5.41) is 1.28. The van der Waals surface area contributed by atoms with Gasteiger partial charge in [-0.05, 0) is 24.6 Å². The molecular weight excluding hydrogens is 315 g/mol. The van der Waals surface area contributed by atoms with Crippen LogP contribution in [0.2, 0.25) is 0 Å². The highest BCUT2D eigenvalue weighted by molar-refractivity contribution is 7.15. The molecule has 0 bridgehead atoms. The van der Waals surface area contributed by atoms with Crippen LogP contribution < -0.4 is 5.73 Å². The summed E-state index contributed by atoms with van der Waals surface area (Å²) in [6.45, 7) is 2.99. The number of nitrogens with two attached hydrogens (primary N) is 1. The number of fused-ring (bicyclic) bond motifs is 2. The molecule has 118 valence electrons. The van der Waals surface area contributed by atoms with Crippen LogP contribution in [0.1, 0.15) is 26.6 Å². The number of carbonyl (C=O) groups excluding carboxylic acids is 1. The monoisotopic (exact) mass is 330 g/mol. The quantitative estimate of drug-likeness (QED) is 0.720. The number of halogens is 1. The molecule has 0 radical (unpaired) electrons. The van der Waals surface area contributed by atoms with Gasteiger partial charge in [0.25, 0.3) is 5.91 Å². The molecule has 0 aliphatic carbocycles. The summed E-state index contributed by atoms with van der Waals surface area (Å²) in [6, 6.07) is 4.86. The first-order chi connectivity index (χ1) is 11.0. The lowest BCUT2D eigenvalue weighted by molar-refractivity contribution is 0.0731. The third-order valence-corrected chi connectivity index (χ3v) is 5.14. The van der Waals surface area contributed by atoms with Crippen molar-refractivity contribution in [3.05, 3.63) is 45.8 Å². The number of H-pyrrole nitrogens is 1. The van der Waals surface area contributed by atoms with Gasteiger partial charge >= 0.3 is 0 Å². The molecule has 23 heavy (non-hydrogen) atoms. The van der Waals surface area contributed by atoms with Crippen molar-refractivity contribution in [3.63, 3.8) is 0 Å². The average Bonchev–Trinajstić information content (AvgIpc) is 3.13. The Balaban J connectivity index is 1.67. The summed E-state index contributed by atoms with van der Waals surface area (Å²) in [6.07, 6.45) is 0.697. The highest BCUT2D eigenvalue weighted by Crippen LogP contribution is 2.28.